The highest BCUT2D eigenvalue weighted by molar-refractivity contribution is 7.92. The maximum Gasteiger partial charge on any atom is 0.280 e. The van der Waals surface area contributed by atoms with Crippen molar-refractivity contribution in [3.8, 4) is 5.75 Å². The number of halogens is 1. The second-order valence-electron chi connectivity index (χ2n) is 10.1. The summed E-state index contributed by atoms with van der Waals surface area (Å²) in [5.74, 6) is -0.654. The van der Waals surface area contributed by atoms with Crippen LogP contribution in [0.1, 0.15) is 24.2 Å². The maximum absolute atomic E-state index is 13.7. The summed E-state index contributed by atoms with van der Waals surface area (Å²) in [5, 5.41) is 10.1. The van der Waals surface area contributed by atoms with Crippen LogP contribution in [0.4, 0.5) is 5.69 Å². The molecule has 3 aromatic rings. The molecule has 0 aliphatic carbocycles. The molecule has 0 unspecified atom stereocenters. The van der Waals surface area contributed by atoms with Crippen LogP contribution in [-0.2, 0) is 27.1 Å². The number of nitrogens with one attached hydrogen (secondary N) is 1. The number of benzene rings is 2. The number of ether oxygens (including phenoxy) is 1. The van der Waals surface area contributed by atoms with Crippen LogP contribution < -0.4 is 9.46 Å². The fourth-order valence-corrected chi connectivity index (χ4v) is 6.72. The third-order valence-corrected chi connectivity index (χ3v) is 10.2. The van der Waals surface area contributed by atoms with Gasteiger partial charge in [-0.25, -0.2) is 13.4 Å². The van der Waals surface area contributed by atoms with Gasteiger partial charge in [0.05, 0.1) is 36.0 Å². The second kappa shape index (κ2) is 12.0. The molecule has 1 amide bonds. The number of hydrogen-bond acceptors (Lipinski definition) is 8. The van der Waals surface area contributed by atoms with Crippen LogP contribution >= 0.6 is 11.6 Å². The molecule has 1 aromatic heterocycles. The Bertz CT molecular complexity index is 1630. The molecule has 4 rings (SSSR count). The molecule has 222 valence electrons. The number of aliphatic hydroxyl groups is 1. The number of carbonyl (C=O) groups is 1. The fourth-order valence-electron chi connectivity index (χ4n) is 4.38. The number of amides is 1. The number of aliphatic hydroxyl groups excluding tert-OH is 1. The Hall–Kier alpha value is -3.17. The summed E-state index contributed by atoms with van der Waals surface area (Å²) < 4.78 is 63.5. The lowest BCUT2D eigenvalue weighted by molar-refractivity contribution is 0.0387. The van der Waals surface area contributed by atoms with Gasteiger partial charge in [0, 0.05) is 43.5 Å². The van der Waals surface area contributed by atoms with Gasteiger partial charge in [0.15, 0.2) is 5.03 Å². The first kappa shape index (κ1) is 30.8. The molecule has 2 aromatic carbocycles. The van der Waals surface area contributed by atoms with E-state index in [1.165, 1.54) is 75.8 Å². The van der Waals surface area contributed by atoms with Crippen molar-refractivity contribution in [1.82, 2.24) is 18.8 Å². The van der Waals surface area contributed by atoms with E-state index in [0.29, 0.717) is 5.02 Å². The van der Waals surface area contributed by atoms with Gasteiger partial charge in [-0.1, -0.05) is 18.5 Å². The monoisotopic (exact) mass is 625 g/mol. The highest BCUT2D eigenvalue weighted by atomic mass is 35.5. The van der Waals surface area contributed by atoms with E-state index in [-0.39, 0.29) is 52.5 Å². The maximum atomic E-state index is 13.7. The van der Waals surface area contributed by atoms with Crippen molar-refractivity contribution < 1.29 is 31.5 Å². The minimum atomic E-state index is -4.04. The molecule has 0 saturated heterocycles. The highest BCUT2D eigenvalue weighted by Crippen LogP contribution is 2.32. The normalized spacial score (nSPS) is 18.8. The number of sulfonamides is 2. The smallest absolute Gasteiger partial charge is 0.280 e. The van der Waals surface area contributed by atoms with Gasteiger partial charge in [-0.15, -0.1) is 0 Å². The number of aryl methyl sites for hydroxylation is 1. The molecule has 1 aliphatic heterocycles. The van der Waals surface area contributed by atoms with E-state index in [0.717, 1.165) is 0 Å². The lowest BCUT2D eigenvalue weighted by Gasteiger charge is -2.38. The number of aromatic nitrogens is 2. The Kier molecular flexibility index (Phi) is 8.99. The minimum Gasteiger partial charge on any atom is -0.488 e. The summed E-state index contributed by atoms with van der Waals surface area (Å²) >= 11 is 5.92. The van der Waals surface area contributed by atoms with Crippen LogP contribution in [0, 0.1) is 5.92 Å². The molecule has 0 bridgehead atoms. The van der Waals surface area contributed by atoms with Crippen LogP contribution in [0.15, 0.2) is 64.9 Å². The summed E-state index contributed by atoms with van der Waals surface area (Å²) in [6.07, 6.45) is 2.00. The van der Waals surface area contributed by atoms with Crippen LogP contribution in [0.25, 0.3) is 0 Å². The molecule has 0 fully saturated rings. The topological polar surface area (TPSA) is 151 Å². The van der Waals surface area contributed by atoms with E-state index in [9.17, 15) is 26.7 Å². The number of hydrogen-bond donors (Lipinski definition) is 2. The number of anilines is 1. The van der Waals surface area contributed by atoms with Gasteiger partial charge >= 0.3 is 0 Å². The van der Waals surface area contributed by atoms with Crippen molar-refractivity contribution in [2.45, 2.75) is 35.9 Å². The number of carbonyl (C=O) groups excluding carboxylic acids is 1. The molecule has 12 nitrogen and oxygen atoms in total. The average molecular weight is 626 g/mol. The highest BCUT2D eigenvalue weighted by Gasteiger charge is 2.35. The van der Waals surface area contributed by atoms with E-state index in [1.807, 2.05) is 6.92 Å². The van der Waals surface area contributed by atoms with Gasteiger partial charge in [-0.2, -0.15) is 12.7 Å². The lowest BCUT2D eigenvalue weighted by Crippen LogP contribution is -2.50. The number of likely N-dealkylation sites (N-methyl/N-ethyl adjacent to an activating group) is 1. The molecule has 0 saturated carbocycles. The van der Waals surface area contributed by atoms with Crippen molar-refractivity contribution in [2.24, 2.45) is 13.0 Å². The van der Waals surface area contributed by atoms with E-state index in [4.69, 9.17) is 16.3 Å². The summed E-state index contributed by atoms with van der Waals surface area (Å²) in [5.41, 5.74) is 0.169. The van der Waals surface area contributed by atoms with Gasteiger partial charge < -0.3 is 19.3 Å². The first-order chi connectivity index (χ1) is 19.2. The quantitative estimate of drug-likeness (QED) is 0.368. The summed E-state index contributed by atoms with van der Waals surface area (Å²) in [7, 11) is -4.84. The SMILES string of the molecule is C[C@@H]1CN([C@H](C)CO)C(=O)c2cc(NS(=O)(=O)c3cn(C)cn3)ccc2O[C@H]1CN(C)S(=O)(=O)c1ccc(Cl)cc1. The van der Waals surface area contributed by atoms with Gasteiger partial charge in [-0.3, -0.25) is 9.52 Å². The van der Waals surface area contributed by atoms with E-state index < -0.39 is 38.1 Å². The van der Waals surface area contributed by atoms with Crippen molar-refractivity contribution in [3.05, 3.63) is 65.6 Å². The first-order valence-electron chi connectivity index (χ1n) is 12.7. The Morgan fingerprint density at radius 1 is 1.20 bits per heavy atom. The van der Waals surface area contributed by atoms with Crippen molar-refractivity contribution in [3.63, 3.8) is 0 Å². The van der Waals surface area contributed by atoms with Gasteiger partial charge in [-0.05, 0) is 49.4 Å². The van der Waals surface area contributed by atoms with Crippen LogP contribution in [-0.4, -0.2) is 85.5 Å². The first-order valence-corrected chi connectivity index (χ1v) is 16.0. The Labute approximate surface area is 244 Å². The standard InChI is InChI=1S/C26H32ClN5O7S2/c1-17-12-32(18(2)15-33)26(34)22-11-20(29-40(35,36)25-14-30(3)16-28-25)7-10-23(22)39-24(17)13-31(4)41(37,38)21-8-5-19(27)6-9-21/h5-11,14,16-18,24,29,33H,12-13,15H2,1-4H3/t17-,18-,24+/m1/s1. The minimum absolute atomic E-state index is 0.0465. The fraction of sp³-hybridized carbons (Fsp3) is 0.385. The summed E-state index contributed by atoms with van der Waals surface area (Å²) in [4.78, 5) is 19.1. The van der Waals surface area contributed by atoms with E-state index in [2.05, 4.69) is 9.71 Å². The zero-order valence-corrected chi connectivity index (χ0v) is 25.3. The molecule has 0 spiro atoms. The largest absolute Gasteiger partial charge is 0.488 e. The van der Waals surface area contributed by atoms with Crippen molar-refractivity contribution in [1.29, 1.82) is 0 Å². The van der Waals surface area contributed by atoms with E-state index >= 15 is 0 Å². The molecule has 3 atom stereocenters. The van der Waals surface area contributed by atoms with Crippen LogP contribution in [0.5, 0.6) is 5.75 Å². The average Bonchev–Trinajstić information content (AvgIpc) is 3.38. The van der Waals surface area contributed by atoms with E-state index in [1.54, 1.807) is 14.0 Å². The summed E-state index contributed by atoms with van der Waals surface area (Å²) in [6, 6.07) is 9.52. The summed E-state index contributed by atoms with van der Waals surface area (Å²) in [6.45, 7) is 3.32. The number of imidazole rings is 1. The number of fused-ring (bicyclic) bond motifs is 1. The predicted molar refractivity (Wildman–Crippen MR) is 153 cm³/mol. The van der Waals surface area contributed by atoms with Gasteiger partial charge in [0.25, 0.3) is 15.9 Å². The van der Waals surface area contributed by atoms with Gasteiger partial charge in [0.2, 0.25) is 10.0 Å². The molecule has 2 N–H and O–H groups in total. The molecule has 1 aliphatic rings. The molecule has 15 heteroatoms. The molecule has 41 heavy (non-hydrogen) atoms. The van der Waals surface area contributed by atoms with Crippen LogP contribution in [0.3, 0.4) is 0 Å². The van der Waals surface area contributed by atoms with Crippen molar-refractivity contribution >= 4 is 43.2 Å². The zero-order chi connectivity index (χ0) is 30.1. The molecule has 2 heterocycles. The molecule has 0 radical (unpaired) electrons. The Morgan fingerprint density at radius 3 is 2.49 bits per heavy atom. The van der Waals surface area contributed by atoms with Crippen molar-refractivity contribution in [2.75, 3.05) is 31.5 Å². The molecular formula is C26H32ClN5O7S2. The molecular weight excluding hydrogens is 594 g/mol. The third kappa shape index (κ3) is 6.67. The van der Waals surface area contributed by atoms with Crippen LogP contribution in [0.2, 0.25) is 5.02 Å². The van der Waals surface area contributed by atoms with Gasteiger partial charge in [0.1, 0.15) is 11.9 Å². The number of rotatable bonds is 9. The second-order valence-corrected chi connectivity index (χ2v) is 14.2. The zero-order valence-electron chi connectivity index (χ0n) is 22.9. The Morgan fingerprint density at radius 2 is 1.88 bits per heavy atom. The predicted octanol–water partition coefficient (Wildman–Crippen LogP) is 2.42. The third-order valence-electron chi connectivity index (χ3n) is 6.83. The lowest BCUT2D eigenvalue weighted by atomic mass is 9.99. The Balaban J connectivity index is 1.68. The number of nitrogens with zero attached hydrogens (tertiary/aromatic N) is 4.